The fraction of sp³-hybridized carbons (Fsp3) is 0.300. The van der Waals surface area contributed by atoms with Crippen LogP contribution in [0.2, 0.25) is 0 Å². The van der Waals surface area contributed by atoms with Gasteiger partial charge < -0.3 is 14.5 Å². The van der Waals surface area contributed by atoms with Crippen LogP contribution in [0, 0.1) is 13.5 Å². The first-order valence-electron chi connectivity index (χ1n) is 9.05. The first-order valence-corrected chi connectivity index (χ1v) is 9.46. The number of anilines is 2. The number of hydrogen-bond acceptors (Lipinski definition) is 4. The third kappa shape index (κ3) is 3.15. The molecule has 30 heavy (non-hydrogen) atoms. The van der Waals surface area contributed by atoms with E-state index < -0.39 is 11.9 Å². The smallest absolute Gasteiger partial charge is 0.406 e. The van der Waals surface area contributed by atoms with Crippen molar-refractivity contribution in [2.24, 2.45) is 0 Å². The number of pyridine rings is 1. The number of carbonyl (C=O) groups is 1. The van der Waals surface area contributed by atoms with Gasteiger partial charge in [0.2, 0.25) is 0 Å². The van der Waals surface area contributed by atoms with Crippen LogP contribution in [-0.2, 0) is 4.79 Å². The molecule has 10 heteroatoms. The lowest BCUT2D eigenvalue weighted by atomic mass is 9.75. The number of ether oxygens (including phenoxy) is 1. The van der Waals surface area contributed by atoms with Crippen LogP contribution in [0.5, 0.6) is 5.75 Å². The number of alkyl halides is 3. The van der Waals surface area contributed by atoms with Crippen molar-refractivity contribution in [1.29, 1.82) is 0 Å². The van der Waals surface area contributed by atoms with Gasteiger partial charge in [-0.3, -0.25) is 9.69 Å². The molecule has 0 radical (unpaired) electrons. The van der Waals surface area contributed by atoms with E-state index in [4.69, 9.17) is 18.8 Å². The molecule has 0 bridgehead atoms. The first kappa shape index (κ1) is 20.1. The number of rotatable bonds is 3. The molecule has 4 rings (SSSR count). The first-order chi connectivity index (χ1) is 14.2. The standard InChI is InChI=1S/C20H15F3N4O2S/c1-12-9-14(11-25-16(12)24-2)26-17(28)19(7-4-8-19)27(18(26)30)13-5-3-6-15(10-13)29-20(21,22)23/h3,5-6,9-11H,4,7-8H2,1H3. The summed E-state index contributed by atoms with van der Waals surface area (Å²) in [5.74, 6) is -0.414. The largest absolute Gasteiger partial charge is 0.573 e. The number of hydrogen-bond donors (Lipinski definition) is 0. The Balaban J connectivity index is 1.75. The maximum Gasteiger partial charge on any atom is 0.573 e. The van der Waals surface area contributed by atoms with Crippen LogP contribution in [0.15, 0.2) is 36.5 Å². The van der Waals surface area contributed by atoms with E-state index in [1.54, 1.807) is 24.0 Å². The van der Waals surface area contributed by atoms with Gasteiger partial charge in [0.25, 0.3) is 11.7 Å². The van der Waals surface area contributed by atoms with E-state index in [1.165, 1.54) is 29.3 Å². The third-order valence-electron chi connectivity index (χ3n) is 5.30. The lowest BCUT2D eigenvalue weighted by Gasteiger charge is -2.43. The van der Waals surface area contributed by atoms with Gasteiger partial charge in [-0.1, -0.05) is 12.6 Å². The van der Waals surface area contributed by atoms with Crippen LogP contribution in [0.1, 0.15) is 24.8 Å². The van der Waals surface area contributed by atoms with E-state index in [9.17, 15) is 18.0 Å². The molecule has 6 nitrogen and oxygen atoms in total. The Bertz CT molecular complexity index is 1090. The average Bonchev–Trinajstić information content (AvgIpc) is 2.87. The Morgan fingerprint density at radius 1 is 1.27 bits per heavy atom. The summed E-state index contributed by atoms with van der Waals surface area (Å²) in [6.07, 6.45) is -1.57. The molecule has 2 heterocycles. The van der Waals surface area contributed by atoms with E-state index in [2.05, 4.69) is 14.6 Å². The summed E-state index contributed by atoms with van der Waals surface area (Å²) in [5, 5.41) is 0.153. The van der Waals surface area contributed by atoms with Crippen molar-refractivity contribution in [3.8, 4) is 5.75 Å². The van der Waals surface area contributed by atoms with Crippen LogP contribution < -0.4 is 14.5 Å². The molecule has 1 saturated carbocycles. The average molecular weight is 432 g/mol. The molecular formula is C20H15F3N4O2S. The molecule has 1 aliphatic carbocycles. The van der Waals surface area contributed by atoms with Gasteiger partial charge in [-0.25, -0.2) is 0 Å². The minimum absolute atomic E-state index is 0.153. The quantitative estimate of drug-likeness (QED) is 0.510. The van der Waals surface area contributed by atoms with Crippen molar-refractivity contribution in [3.05, 3.63) is 53.5 Å². The summed E-state index contributed by atoms with van der Waals surface area (Å²) in [5.41, 5.74) is 0.422. The predicted octanol–water partition coefficient (Wildman–Crippen LogP) is 4.90. The molecule has 1 amide bonds. The Morgan fingerprint density at radius 3 is 2.57 bits per heavy atom. The van der Waals surface area contributed by atoms with Gasteiger partial charge >= 0.3 is 6.36 Å². The molecule has 1 saturated heterocycles. The SMILES string of the molecule is [C-]#[N+]c1ncc(N2C(=O)C3(CCC3)N(c3cccc(OC(F)(F)F)c3)C2=S)cc1C. The minimum atomic E-state index is -4.83. The highest BCUT2D eigenvalue weighted by atomic mass is 32.1. The number of thiocarbonyl (C=S) groups is 1. The monoisotopic (exact) mass is 432 g/mol. The third-order valence-corrected chi connectivity index (χ3v) is 5.67. The number of nitrogens with zero attached hydrogens (tertiary/aromatic N) is 4. The van der Waals surface area contributed by atoms with Gasteiger partial charge in [0.15, 0.2) is 5.11 Å². The molecule has 1 spiro atoms. The van der Waals surface area contributed by atoms with Crippen molar-refractivity contribution in [2.75, 3.05) is 9.80 Å². The maximum absolute atomic E-state index is 13.4. The number of benzene rings is 1. The Morgan fingerprint density at radius 2 is 2.00 bits per heavy atom. The number of halogens is 3. The van der Waals surface area contributed by atoms with Gasteiger partial charge in [-0.05, 0) is 62.2 Å². The topological polar surface area (TPSA) is 50.0 Å². The molecule has 2 fully saturated rings. The van der Waals surface area contributed by atoms with E-state index in [1.807, 2.05) is 0 Å². The van der Waals surface area contributed by atoms with Gasteiger partial charge in [-0.2, -0.15) is 0 Å². The van der Waals surface area contributed by atoms with Crippen molar-refractivity contribution < 1.29 is 22.7 Å². The minimum Gasteiger partial charge on any atom is -0.406 e. The lowest BCUT2D eigenvalue weighted by molar-refractivity contribution is -0.274. The molecule has 2 aliphatic rings. The number of amides is 1. The summed E-state index contributed by atoms with van der Waals surface area (Å²) in [7, 11) is 0. The summed E-state index contributed by atoms with van der Waals surface area (Å²) >= 11 is 5.59. The molecule has 2 aromatic rings. The predicted molar refractivity (Wildman–Crippen MR) is 108 cm³/mol. The van der Waals surface area contributed by atoms with E-state index in [0.29, 0.717) is 29.8 Å². The summed E-state index contributed by atoms with van der Waals surface area (Å²) < 4.78 is 42.0. The Kier molecular flexibility index (Phi) is 4.66. The second-order valence-corrected chi connectivity index (χ2v) is 7.50. The highest BCUT2D eigenvalue weighted by Gasteiger charge is 2.59. The van der Waals surface area contributed by atoms with Crippen LogP contribution in [-0.4, -0.2) is 27.9 Å². The zero-order valence-corrected chi connectivity index (χ0v) is 16.5. The van der Waals surface area contributed by atoms with Gasteiger partial charge in [-0.15, -0.1) is 18.2 Å². The lowest BCUT2D eigenvalue weighted by Crippen LogP contribution is -2.55. The molecular weight excluding hydrogens is 417 g/mol. The van der Waals surface area contributed by atoms with E-state index in [0.717, 1.165) is 6.42 Å². The van der Waals surface area contributed by atoms with Gasteiger partial charge in [0.1, 0.15) is 17.5 Å². The highest BCUT2D eigenvalue weighted by Crippen LogP contribution is 2.48. The molecule has 1 aromatic heterocycles. The molecule has 0 atom stereocenters. The van der Waals surface area contributed by atoms with Crippen LogP contribution in [0.3, 0.4) is 0 Å². The molecule has 1 aliphatic heterocycles. The second kappa shape index (κ2) is 6.95. The van der Waals surface area contributed by atoms with Crippen molar-refractivity contribution in [2.45, 2.75) is 38.1 Å². The number of aryl methyl sites for hydroxylation is 1. The Labute approximate surface area is 175 Å². The summed E-state index contributed by atoms with van der Waals surface area (Å²) in [4.78, 5) is 23.7. The summed E-state index contributed by atoms with van der Waals surface area (Å²) in [6.45, 7) is 8.84. The number of aromatic nitrogens is 1. The van der Waals surface area contributed by atoms with E-state index in [-0.39, 0.29) is 22.6 Å². The molecule has 1 aromatic carbocycles. The molecule has 0 unspecified atom stereocenters. The highest BCUT2D eigenvalue weighted by molar-refractivity contribution is 7.81. The Hall–Kier alpha value is -3.19. The molecule has 0 N–H and O–H groups in total. The normalized spacial score (nSPS) is 17.8. The van der Waals surface area contributed by atoms with Crippen molar-refractivity contribution in [1.82, 2.24) is 4.98 Å². The van der Waals surface area contributed by atoms with Crippen molar-refractivity contribution in [3.63, 3.8) is 0 Å². The molecule has 154 valence electrons. The zero-order valence-electron chi connectivity index (χ0n) is 15.7. The second-order valence-electron chi connectivity index (χ2n) is 7.13. The zero-order chi connectivity index (χ0) is 21.7. The van der Waals surface area contributed by atoms with Crippen molar-refractivity contribution >= 4 is 40.4 Å². The van der Waals surface area contributed by atoms with Crippen LogP contribution in [0.4, 0.5) is 30.4 Å². The fourth-order valence-electron chi connectivity index (χ4n) is 3.82. The number of carbonyl (C=O) groups excluding carboxylic acids is 1. The summed E-state index contributed by atoms with van der Waals surface area (Å²) in [6, 6.07) is 7.10. The fourth-order valence-corrected chi connectivity index (χ4v) is 4.29. The van der Waals surface area contributed by atoms with Crippen LogP contribution >= 0.6 is 12.2 Å². The van der Waals surface area contributed by atoms with E-state index >= 15 is 0 Å². The maximum atomic E-state index is 13.4. The van der Waals surface area contributed by atoms with Crippen LogP contribution in [0.25, 0.3) is 4.85 Å². The van der Waals surface area contributed by atoms with Gasteiger partial charge in [0.05, 0.1) is 5.69 Å². The van der Waals surface area contributed by atoms with Gasteiger partial charge in [0, 0.05) is 11.8 Å².